The van der Waals surface area contributed by atoms with Gasteiger partial charge in [-0.05, 0) is 39.3 Å². The molecule has 5 nitrogen and oxygen atoms in total. The van der Waals surface area contributed by atoms with Gasteiger partial charge in [0.1, 0.15) is 0 Å². The van der Waals surface area contributed by atoms with E-state index in [9.17, 15) is 9.59 Å². The molecule has 0 spiro atoms. The molecule has 1 N–H and O–H groups in total. The number of nitrogens with one attached hydrogen (secondary N) is 1. The zero-order valence-corrected chi connectivity index (χ0v) is 13.0. The van der Waals surface area contributed by atoms with Crippen molar-refractivity contribution >= 4 is 17.6 Å². The van der Waals surface area contributed by atoms with E-state index in [2.05, 4.69) is 10.5 Å². The molecule has 1 atom stereocenters. The Labute approximate surface area is 125 Å². The van der Waals surface area contributed by atoms with Crippen LogP contribution in [0.4, 0.5) is 0 Å². The van der Waals surface area contributed by atoms with Gasteiger partial charge in [-0.15, -0.1) is 0 Å². The highest BCUT2D eigenvalue weighted by atomic mass is 16.5. The number of ether oxygens (including phenoxy) is 1. The molecule has 0 heterocycles. The Balaban J connectivity index is 2.74. The number of hydrogen-bond acceptors (Lipinski definition) is 4. The first-order valence-corrected chi connectivity index (χ1v) is 7.07. The zero-order valence-electron chi connectivity index (χ0n) is 13.0. The molecule has 1 unspecified atom stereocenters. The van der Waals surface area contributed by atoms with Crippen molar-refractivity contribution in [3.63, 3.8) is 0 Å². The number of carbonyl (C=O) groups is 2. The monoisotopic (exact) mass is 290 g/mol. The molecule has 0 aliphatic rings. The first-order valence-electron chi connectivity index (χ1n) is 7.07. The van der Waals surface area contributed by atoms with Gasteiger partial charge in [0.05, 0.1) is 12.5 Å². The highest BCUT2D eigenvalue weighted by Gasteiger charge is 2.21. The van der Waals surface area contributed by atoms with Crippen molar-refractivity contribution in [1.29, 1.82) is 0 Å². The van der Waals surface area contributed by atoms with Crippen LogP contribution in [-0.4, -0.2) is 24.2 Å². The number of rotatable bonds is 6. The summed E-state index contributed by atoms with van der Waals surface area (Å²) in [6.45, 7) is 7.60. The quantitative estimate of drug-likeness (QED) is 0.497. The van der Waals surface area contributed by atoms with E-state index in [0.29, 0.717) is 24.3 Å². The number of aryl methyl sites for hydroxylation is 1. The summed E-state index contributed by atoms with van der Waals surface area (Å²) in [6.07, 6.45) is 0.578. The highest BCUT2D eigenvalue weighted by molar-refractivity contribution is 6.02. The van der Waals surface area contributed by atoms with Crippen molar-refractivity contribution < 1.29 is 14.3 Å². The fourth-order valence-electron chi connectivity index (χ4n) is 1.94. The van der Waals surface area contributed by atoms with Gasteiger partial charge in [-0.1, -0.05) is 24.6 Å². The normalized spacial score (nSPS) is 12.7. The average Bonchev–Trinajstić information content (AvgIpc) is 2.45. The number of amides is 1. The molecule has 0 aromatic heterocycles. The SMILES string of the molecule is CCOC(=O)C(CC)/C(C)=N/NC(=O)c1cccc(C)c1. The minimum atomic E-state index is -0.428. The summed E-state index contributed by atoms with van der Waals surface area (Å²) in [7, 11) is 0. The third-order valence-corrected chi connectivity index (χ3v) is 3.10. The van der Waals surface area contributed by atoms with Gasteiger partial charge >= 0.3 is 5.97 Å². The highest BCUT2D eigenvalue weighted by Crippen LogP contribution is 2.08. The molecular formula is C16H22N2O3. The van der Waals surface area contributed by atoms with Gasteiger partial charge in [0.15, 0.2) is 0 Å². The third kappa shape index (κ3) is 5.02. The van der Waals surface area contributed by atoms with Crippen LogP contribution < -0.4 is 5.43 Å². The first-order chi connectivity index (χ1) is 9.99. The second-order valence-corrected chi connectivity index (χ2v) is 4.78. The molecular weight excluding hydrogens is 268 g/mol. The molecule has 0 aliphatic carbocycles. The van der Waals surface area contributed by atoms with Gasteiger partial charge in [0.2, 0.25) is 0 Å². The molecule has 5 heteroatoms. The number of esters is 1. The second-order valence-electron chi connectivity index (χ2n) is 4.78. The number of carbonyl (C=O) groups excluding carboxylic acids is 2. The molecule has 1 aromatic rings. The van der Waals surface area contributed by atoms with Gasteiger partial charge in [-0.3, -0.25) is 9.59 Å². The van der Waals surface area contributed by atoms with Crippen LogP contribution in [0.5, 0.6) is 0 Å². The first kappa shape index (κ1) is 16.9. The molecule has 0 aliphatic heterocycles. The van der Waals surface area contributed by atoms with E-state index in [4.69, 9.17) is 4.74 Å². The molecule has 21 heavy (non-hydrogen) atoms. The molecule has 1 aromatic carbocycles. The largest absolute Gasteiger partial charge is 0.465 e. The fraction of sp³-hybridized carbons (Fsp3) is 0.438. The summed E-state index contributed by atoms with van der Waals surface area (Å²) < 4.78 is 4.99. The maximum Gasteiger partial charge on any atom is 0.314 e. The Bertz CT molecular complexity index is 538. The molecule has 0 bridgehead atoms. The van der Waals surface area contributed by atoms with Crippen molar-refractivity contribution in [2.45, 2.75) is 34.1 Å². The molecule has 114 valence electrons. The average molecular weight is 290 g/mol. The van der Waals surface area contributed by atoms with Crippen molar-refractivity contribution in [3.8, 4) is 0 Å². The van der Waals surface area contributed by atoms with Gasteiger partial charge < -0.3 is 4.74 Å². The van der Waals surface area contributed by atoms with Crippen LogP contribution in [0.25, 0.3) is 0 Å². The Morgan fingerprint density at radius 2 is 2.05 bits per heavy atom. The summed E-state index contributed by atoms with van der Waals surface area (Å²) in [5, 5.41) is 4.02. The van der Waals surface area contributed by atoms with Crippen molar-refractivity contribution in [2.24, 2.45) is 11.0 Å². The predicted octanol–water partition coefficient (Wildman–Crippen LogP) is 2.69. The smallest absolute Gasteiger partial charge is 0.314 e. The number of hydrazone groups is 1. The molecule has 1 rings (SSSR count). The van der Waals surface area contributed by atoms with Crippen molar-refractivity contribution in [3.05, 3.63) is 35.4 Å². The third-order valence-electron chi connectivity index (χ3n) is 3.10. The van der Waals surface area contributed by atoms with E-state index in [1.54, 1.807) is 26.0 Å². The lowest BCUT2D eigenvalue weighted by Gasteiger charge is -2.13. The maximum atomic E-state index is 12.0. The van der Waals surface area contributed by atoms with E-state index in [1.807, 2.05) is 26.0 Å². The van der Waals surface area contributed by atoms with Crippen LogP contribution >= 0.6 is 0 Å². The lowest BCUT2D eigenvalue weighted by atomic mass is 10.0. The summed E-state index contributed by atoms with van der Waals surface area (Å²) in [5.41, 5.74) is 4.56. The minimum absolute atomic E-state index is 0.295. The lowest BCUT2D eigenvalue weighted by Crippen LogP contribution is -2.27. The molecule has 0 saturated carbocycles. The fourth-order valence-corrected chi connectivity index (χ4v) is 1.94. The molecule has 0 fully saturated rings. The van der Waals surface area contributed by atoms with E-state index in [0.717, 1.165) is 5.56 Å². The zero-order chi connectivity index (χ0) is 15.8. The molecule has 0 radical (unpaired) electrons. The Kier molecular flexibility index (Phi) is 6.59. The Hall–Kier alpha value is -2.17. The minimum Gasteiger partial charge on any atom is -0.465 e. The topological polar surface area (TPSA) is 67.8 Å². The summed E-state index contributed by atoms with van der Waals surface area (Å²) in [6, 6.07) is 7.23. The van der Waals surface area contributed by atoms with Crippen LogP contribution in [0.3, 0.4) is 0 Å². The Morgan fingerprint density at radius 3 is 2.62 bits per heavy atom. The van der Waals surface area contributed by atoms with Crippen LogP contribution in [0.15, 0.2) is 29.4 Å². The lowest BCUT2D eigenvalue weighted by molar-refractivity contribution is -0.145. The summed E-state index contributed by atoms with van der Waals surface area (Å²) in [4.78, 5) is 23.7. The van der Waals surface area contributed by atoms with Crippen LogP contribution in [0.2, 0.25) is 0 Å². The summed E-state index contributed by atoms with van der Waals surface area (Å²) >= 11 is 0. The van der Waals surface area contributed by atoms with Gasteiger partial charge in [0.25, 0.3) is 5.91 Å². The predicted molar refractivity (Wildman–Crippen MR) is 82.2 cm³/mol. The maximum absolute atomic E-state index is 12.0. The second kappa shape index (κ2) is 8.19. The Morgan fingerprint density at radius 1 is 1.33 bits per heavy atom. The molecule has 0 saturated heterocycles. The summed E-state index contributed by atoms with van der Waals surface area (Å²) in [5.74, 6) is -1.04. The number of benzene rings is 1. The van der Waals surface area contributed by atoms with Gasteiger partial charge in [0, 0.05) is 11.3 Å². The van der Waals surface area contributed by atoms with Crippen LogP contribution in [0.1, 0.15) is 43.1 Å². The van der Waals surface area contributed by atoms with Crippen LogP contribution in [-0.2, 0) is 9.53 Å². The molecule has 1 amide bonds. The van der Waals surface area contributed by atoms with E-state index >= 15 is 0 Å². The van der Waals surface area contributed by atoms with Crippen molar-refractivity contribution in [1.82, 2.24) is 5.43 Å². The van der Waals surface area contributed by atoms with Gasteiger partial charge in [-0.25, -0.2) is 5.43 Å². The number of hydrogen-bond donors (Lipinski definition) is 1. The van der Waals surface area contributed by atoms with E-state index in [1.165, 1.54) is 0 Å². The van der Waals surface area contributed by atoms with Crippen molar-refractivity contribution in [2.75, 3.05) is 6.61 Å². The van der Waals surface area contributed by atoms with Gasteiger partial charge in [-0.2, -0.15) is 5.10 Å². The number of nitrogens with zero attached hydrogens (tertiary/aromatic N) is 1. The van der Waals surface area contributed by atoms with Crippen LogP contribution in [0, 0.1) is 12.8 Å². The van der Waals surface area contributed by atoms with E-state index < -0.39 is 5.92 Å². The van der Waals surface area contributed by atoms with E-state index in [-0.39, 0.29) is 11.9 Å². The standard InChI is InChI=1S/C16H22N2O3/c1-5-14(16(20)21-6-2)12(4)17-18-15(19)13-9-7-8-11(3)10-13/h7-10,14H,5-6H2,1-4H3,(H,18,19)/b17-12+.